The lowest BCUT2D eigenvalue weighted by Gasteiger charge is -1.99. The molecule has 6 nitrogen and oxygen atoms in total. The molecule has 4 aromatic rings. The van der Waals surface area contributed by atoms with Crippen LogP contribution in [0, 0.1) is 13.8 Å². The topological polar surface area (TPSA) is 85.3 Å². The lowest BCUT2D eigenvalue weighted by atomic mass is 10.1. The minimum absolute atomic E-state index is 0.336. The Hall–Kier alpha value is -2.93. The molecule has 120 valence electrons. The normalized spacial score (nSPS) is 11.2. The predicted octanol–water partition coefficient (Wildman–Crippen LogP) is 3.86. The number of fused-ring (bicyclic) bond motifs is 3. The van der Waals surface area contributed by atoms with Gasteiger partial charge in [-0.15, -0.1) is 11.3 Å². The summed E-state index contributed by atoms with van der Waals surface area (Å²) in [5.41, 5.74) is 1.11. The number of aromatic nitrogens is 1. The van der Waals surface area contributed by atoms with E-state index in [0.717, 1.165) is 15.6 Å². The molecule has 3 heterocycles. The molecular weight excluding hydrogens is 328 g/mol. The number of aryl methyl sites for hydroxylation is 2. The molecule has 4 rings (SSSR count). The van der Waals surface area contributed by atoms with Gasteiger partial charge in [-0.25, -0.2) is 4.79 Å². The Bertz CT molecular complexity index is 1150. The smallest absolute Gasteiger partial charge is 0.345 e. The standard InChI is InChI=1S/C17H12N2O4S/c1-8-3-4-12-10(5-8)15-11(17(21)22-12)7-13(24-15)16(20)18-14-6-9(2)23-19-14/h3-7H,1-2H3,(H,18,19,20). The maximum absolute atomic E-state index is 12.4. The summed E-state index contributed by atoms with van der Waals surface area (Å²) in [7, 11) is 0. The number of rotatable bonds is 2. The highest BCUT2D eigenvalue weighted by molar-refractivity contribution is 7.21. The first-order chi connectivity index (χ1) is 11.5. The fourth-order valence-electron chi connectivity index (χ4n) is 2.52. The number of hydrogen-bond acceptors (Lipinski definition) is 6. The molecule has 7 heteroatoms. The van der Waals surface area contributed by atoms with E-state index in [9.17, 15) is 9.59 Å². The lowest BCUT2D eigenvalue weighted by Crippen LogP contribution is -2.10. The second-order valence-corrected chi connectivity index (χ2v) is 6.57. The Kier molecular flexibility index (Phi) is 3.24. The van der Waals surface area contributed by atoms with Gasteiger partial charge < -0.3 is 14.3 Å². The maximum Gasteiger partial charge on any atom is 0.345 e. The molecule has 1 N–H and O–H groups in total. The summed E-state index contributed by atoms with van der Waals surface area (Å²) in [6.45, 7) is 3.70. The van der Waals surface area contributed by atoms with Crippen molar-refractivity contribution in [1.29, 1.82) is 0 Å². The van der Waals surface area contributed by atoms with Crippen molar-refractivity contribution >= 4 is 44.1 Å². The van der Waals surface area contributed by atoms with Gasteiger partial charge in [0.15, 0.2) is 5.82 Å². The third-order valence-electron chi connectivity index (χ3n) is 3.63. The SMILES string of the molecule is Cc1ccc2oc(=O)c3cc(C(=O)Nc4cc(C)on4)sc3c2c1. The summed E-state index contributed by atoms with van der Waals surface area (Å²) < 4.78 is 11.0. The predicted molar refractivity (Wildman–Crippen MR) is 91.8 cm³/mol. The second-order valence-electron chi connectivity index (χ2n) is 5.52. The van der Waals surface area contributed by atoms with Crippen molar-refractivity contribution in [3.05, 3.63) is 57.0 Å². The number of carbonyl (C=O) groups excluding carboxylic acids is 1. The summed E-state index contributed by atoms with van der Waals surface area (Å²) in [6.07, 6.45) is 0. The Labute approximate surface area is 139 Å². The number of thiophene rings is 1. The molecule has 24 heavy (non-hydrogen) atoms. The number of hydrogen-bond donors (Lipinski definition) is 1. The molecule has 0 radical (unpaired) electrons. The van der Waals surface area contributed by atoms with Crippen molar-refractivity contribution in [1.82, 2.24) is 5.16 Å². The largest absolute Gasteiger partial charge is 0.422 e. The van der Waals surface area contributed by atoms with Crippen LogP contribution in [0.2, 0.25) is 0 Å². The van der Waals surface area contributed by atoms with Crippen LogP contribution in [0.3, 0.4) is 0 Å². The van der Waals surface area contributed by atoms with Gasteiger partial charge in [0.05, 0.1) is 15.0 Å². The third-order valence-corrected chi connectivity index (χ3v) is 4.79. The van der Waals surface area contributed by atoms with Crippen LogP contribution in [0.4, 0.5) is 5.82 Å². The Morgan fingerprint density at radius 3 is 2.75 bits per heavy atom. The zero-order chi connectivity index (χ0) is 16.8. The van der Waals surface area contributed by atoms with Crippen molar-refractivity contribution < 1.29 is 13.7 Å². The van der Waals surface area contributed by atoms with Crippen molar-refractivity contribution in [2.75, 3.05) is 5.32 Å². The minimum Gasteiger partial charge on any atom is -0.422 e. The summed E-state index contributed by atoms with van der Waals surface area (Å²) in [5.74, 6) is 0.594. The van der Waals surface area contributed by atoms with Crippen LogP contribution in [-0.2, 0) is 0 Å². The minimum atomic E-state index is -0.450. The first kappa shape index (κ1) is 14.6. The van der Waals surface area contributed by atoms with E-state index in [0.29, 0.717) is 27.4 Å². The number of amides is 1. The van der Waals surface area contributed by atoms with E-state index in [1.165, 1.54) is 11.3 Å². The quantitative estimate of drug-likeness (QED) is 0.560. The van der Waals surface area contributed by atoms with Crippen molar-refractivity contribution in [3.8, 4) is 0 Å². The summed E-state index contributed by atoms with van der Waals surface area (Å²) in [4.78, 5) is 25.0. The molecule has 3 aromatic heterocycles. The van der Waals surface area contributed by atoms with Gasteiger partial charge in [-0.05, 0) is 32.0 Å². The number of benzene rings is 1. The molecule has 0 aliphatic carbocycles. The van der Waals surface area contributed by atoms with Crippen molar-refractivity contribution in [2.24, 2.45) is 0 Å². The van der Waals surface area contributed by atoms with Crippen LogP contribution < -0.4 is 10.9 Å². The van der Waals surface area contributed by atoms with E-state index >= 15 is 0 Å². The van der Waals surface area contributed by atoms with Crippen LogP contribution in [0.5, 0.6) is 0 Å². The van der Waals surface area contributed by atoms with E-state index in [4.69, 9.17) is 8.94 Å². The molecule has 0 aliphatic heterocycles. The highest BCUT2D eigenvalue weighted by Crippen LogP contribution is 2.31. The Morgan fingerprint density at radius 1 is 1.17 bits per heavy atom. The van der Waals surface area contributed by atoms with Gasteiger partial charge in [0.2, 0.25) is 0 Å². The zero-order valence-electron chi connectivity index (χ0n) is 12.9. The summed E-state index contributed by atoms with van der Waals surface area (Å²) >= 11 is 1.25. The number of nitrogens with one attached hydrogen (secondary N) is 1. The zero-order valence-corrected chi connectivity index (χ0v) is 13.7. The average Bonchev–Trinajstić information content (AvgIpc) is 3.15. The first-order valence-corrected chi connectivity index (χ1v) is 8.04. The molecule has 0 fully saturated rings. The van der Waals surface area contributed by atoms with Gasteiger partial charge in [-0.1, -0.05) is 16.8 Å². The number of carbonyl (C=O) groups is 1. The van der Waals surface area contributed by atoms with Crippen LogP contribution >= 0.6 is 11.3 Å². The van der Waals surface area contributed by atoms with Crippen molar-refractivity contribution in [3.63, 3.8) is 0 Å². The van der Waals surface area contributed by atoms with E-state index < -0.39 is 5.63 Å². The van der Waals surface area contributed by atoms with E-state index in [2.05, 4.69) is 10.5 Å². The number of nitrogens with zero attached hydrogens (tertiary/aromatic N) is 1. The molecule has 0 atom stereocenters. The van der Waals surface area contributed by atoms with Gasteiger partial charge in [0.1, 0.15) is 11.3 Å². The van der Waals surface area contributed by atoms with Gasteiger partial charge in [0, 0.05) is 11.5 Å². The first-order valence-electron chi connectivity index (χ1n) is 7.23. The average molecular weight is 340 g/mol. The monoisotopic (exact) mass is 340 g/mol. The molecule has 0 aliphatic rings. The van der Waals surface area contributed by atoms with Crippen molar-refractivity contribution in [2.45, 2.75) is 13.8 Å². The lowest BCUT2D eigenvalue weighted by molar-refractivity contribution is 0.102. The van der Waals surface area contributed by atoms with Gasteiger partial charge in [0.25, 0.3) is 5.91 Å². The fourth-order valence-corrected chi connectivity index (χ4v) is 3.59. The molecule has 1 aromatic carbocycles. The van der Waals surface area contributed by atoms with Gasteiger partial charge >= 0.3 is 5.63 Å². The molecule has 0 saturated carbocycles. The summed E-state index contributed by atoms with van der Waals surface area (Å²) in [6, 6.07) is 8.77. The van der Waals surface area contributed by atoms with Crippen LogP contribution in [0.1, 0.15) is 21.0 Å². The van der Waals surface area contributed by atoms with Crippen LogP contribution in [-0.4, -0.2) is 11.1 Å². The molecule has 1 amide bonds. The molecule has 0 saturated heterocycles. The third kappa shape index (κ3) is 2.39. The molecule has 0 spiro atoms. The highest BCUT2D eigenvalue weighted by Gasteiger charge is 2.17. The molecule has 0 unspecified atom stereocenters. The van der Waals surface area contributed by atoms with Gasteiger partial charge in [-0.3, -0.25) is 4.79 Å². The highest BCUT2D eigenvalue weighted by atomic mass is 32.1. The van der Waals surface area contributed by atoms with E-state index in [1.807, 2.05) is 19.1 Å². The Balaban J connectivity index is 1.84. The molecular formula is C17H12N2O4S. The van der Waals surface area contributed by atoms with E-state index in [1.54, 1.807) is 25.1 Å². The second kappa shape index (κ2) is 5.31. The maximum atomic E-state index is 12.4. The number of anilines is 1. The summed E-state index contributed by atoms with van der Waals surface area (Å²) in [5, 5.41) is 7.61. The Morgan fingerprint density at radius 2 is 2.00 bits per heavy atom. The van der Waals surface area contributed by atoms with Crippen LogP contribution in [0.15, 0.2) is 44.1 Å². The van der Waals surface area contributed by atoms with Crippen LogP contribution in [0.25, 0.3) is 21.1 Å². The van der Waals surface area contributed by atoms with E-state index in [-0.39, 0.29) is 5.91 Å². The molecule has 0 bridgehead atoms. The van der Waals surface area contributed by atoms with Gasteiger partial charge in [-0.2, -0.15) is 0 Å². The fraction of sp³-hybridized carbons (Fsp3) is 0.118.